The SMILES string of the molecule is CC(C)N(C[C@H](O)COCC12CC3CC(CC(C3)C1)C2)C(C)C. The first-order valence-electron chi connectivity index (χ1n) is 9.88. The van der Waals surface area contributed by atoms with Crippen LogP contribution in [0.4, 0.5) is 0 Å². The summed E-state index contributed by atoms with van der Waals surface area (Å²) in [4.78, 5) is 2.35. The van der Waals surface area contributed by atoms with Crippen LogP contribution in [-0.2, 0) is 4.74 Å². The summed E-state index contributed by atoms with van der Waals surface area (Å²) < 4.78 is 6.06. The summed E-state index contributed by atoms with van der Waals surface area (Å²) in [5.41, 5.74) is 0.463. The molecule has 1 atom stereocenters. The molecular formula is C20H37NO2. The molecule has 0 radical (unpaired) electrons. The van der Waals surface area contributed by atoms with Crippen molar-refractivity contribution in [1.82, 2.24) is 4.90 Å². The molecule has 134 valence electrons. The van der Waals surface area contributed by atoms with Crippen molar-refractivity contribution in [2.24, 2.45) is 23.2 Å². The molecule has 0 aliphatic heterocycles. The average molecular weight is 324 g/mol. The highest BCUT2D eigenvalue weighted by Crippen LogP contribution is 2.60. The molecule has 4 fully saturated rings. The predicted octanol–water partition coefficient (Wildman–Crippen LogP) is 3.70. The number of aliphatic hydroxyl groups is 1. The van der Waals surface area contributed by atoms with Crippen LogP contribution in [-0.4, -0.2) is 48.0 Å². The average Bonchev–Trinajstić information content (AvgIpc) is 2.42. The van der Waals surface area contributed by atoms with Crippen molar-refractivity contribution in [1.29, 1.82) is 0 Å². The van der Waals surface area contributed by atoms with E-state index in [1.165, 1.54) is 38.5 Å². The number of ether oxygens (including phenoxy) is 1. The first-order valence-corrected chi connectivity index (χ1v) is 9.88. The Morgan fingerprint density at radius 2 is 1.43 bits per heavy atom. The van der Waals surface area contributed by atoms with Crippen molar-refractivity contribution >= 4 is 0 Å². The van der Waals surface area contributed by atoms with E-state index in [-0.39, 0.29) is 6.10 Å². The van der Waals surface area contributed by atoms with E-state index < -0.39 is 0 Å². The van der Waals surface area contributed by atoms with Crippen molar-refractivity contribution in [3.8, 4) is 0 Å². The summed E-state index contributed by atoms with van der Waals surface area (Å²) >= 11 is 0. The maximum atomic E-state index is 10.4. The fraction of sp³-hybridized carbons (Fsp3) is 1.00. The van der Waals surface area contributed by atoms with Crippen LogP contribution < -0.4 is 0 Å². The zero-order valence-electron chi connectivity index (χ0n) is 15.6. The summed E-state index contributed by atoms with van der Waals surface area (Å²) in [5.74, 6) is 2.94. The van der Waals surface area contributed by atoms with E-state index in [2.05, 4.69) is 32.6 Å². The van der Waals surface area contributed by atoms with Gasteiger partial charge in [0.25, 0.3) is 0 Å². The van der Waals surface area contributed by atoms with Gasteiger partial charge in [0.1, 0.15) is 0 Å². The molecule has 4 aliphatic carbocycles. The van der Waals surface area contributed by atoms with Crippen LogP contribution in [0.5, 0.6) is 0 Å². The Hall–Kier alpha value is -0.120. The maximum Gasteiger partial charge on any atom is 0.0900 e. The van der Waals surface area contributed by atoms with Crippen LogP contribution in [0.25, 0.3) is 0 Å². The molecule has 0 aromatic rings. The van der Waals surface area contributed by atoms with Crippen molar-refractivity contribution < 1.29 is 9.84 Å². The van der Waals surface area contributed by atoms with Crippen LogP contribution >= 0.6 is 0 Å². The third kappa shape index (κ3) is 4.11. The lowest BCUT2D eigenvalue weighted by molar-refractivity contribution is -0.107. The van der Waals surface area contributed by atoms with Crippen molar-refractivity contribution in [3.05, 3.63) is 0 Å². The minimum Gasteiger partial charge on any atom is -0.389 e. The van der Waals surface area contributed by atoms with Gasteiger partial charge in [-0.3, -0.25) is 4.90 Å². The van der Waals surface area contributed by atoms with Gasteiger partial charge >= 0.3 is 0 Å². The Morgan fingerprint density at radius 3 is 1.87 bits per heavy atom. The molecule has 3 nitrogen and oxygen atoms in total. The Bertz CT molecular complexity index is 350. The van der Waals surface area contributed by atoms with E-state index in [1.54, 1.807) is 0 Å². The van der Waals surface area contributed by atoms with Gasteiger partial charge < -0.3 is 9.84 Å². The van der Waals surface area contributed by atoms with E-state index in [0.29, 0.717) is 24.1 Å². The molecular weight excluding hydrogens is 286 g/mol. The van der Waals surface area contributed by atoms with Gasteiger partial charge in [0.2, 0.25) is 0 Å². The summed E-state index contributed by atoms with van der Waals surface area (Å²) in [6, 6.07) is 0.931. The Morgan fingerprint density at radius 1 is 0.957 bits per heavy atom. The zero-order valence-corrected chi connectivity index (χ0v) is 15.6. The van der Waals surface area contributed by atoms with E-state index in [0.717, 1.165) is 30.9 Å². The van der Waals surface area contributed by atoms with Crippen molar-refractivity contribution in [2.45, 2.75) is 84.4 Å². The molecule has 4 aliphatic rings. The van der Waals surface area contributed by atoms with E-state index >= 15 is 0 Å². The van der Waals surface area contributed by atoms with Gasteiger partial charge in [-0.1, -0.05) is 0 Å². The fourth-order valence-corrected chi connectivity index (χ4v) is 6.19. The highest BCUT2D eigenvalue weighted by Gasteiger charge is 2.50. The van der Waals surface area contributed by atoms with E-state index in [1.807, 2.05) is 0 Å². The van der Waals surface area contributed by atoms with Gasteiger partial charge in [0.05, 0.1) is 19.3 Å². The Labute approximate surface area is 142 Å². The molecule has 3 heteroatoms. The molecule has 0 unspecified atom stereocenters. The second-order valence-corrected chi connectivity index (χ2v) is 9.47. The van der Waals surface area contributed by atoms with Gasteiger partial charge in [-0.05, 0) is 89.4 Å². The lowest BCUT2D eigenvalue weighted by Crippen LogP contribution is -2.48. The third-order valence-electron chi connectivity index (χ3n) is 6.63. The van der Waals surface area contributed by atoms with Crippen LogP contribution in [0.15, 0.2) is 0 Å². The van der Waals surface area contributed by atoms with Gasteiger partial charge in [0.15, 0.2) is 0 Å². The van der Waals surface area contributed by atoms with Crippen molar-refractivity contribution in [2.75, 3.05) is 19.8 Å². The van der Waals surface area contributed by atoms with E-state index in [4.69, 9.17) is 4.74 Å². The molecule has 0 aromatic heterocycles. The minimum atomic E-state index is -0.367. The van der Waals surface area contributed by atoms with Gasteiger partial charge in [-0.25, -0.2) is 0 Å². The first-order chi connectivity index (χ1) is 10.9. The highest BCUT2D eigenvalue weighted by atomic mass is 16.5. The van der Waals surface area contributed by atoms with Crippen LogP contribution in [0.1, 0.15) is 66.2 Å². The lowest BCUT2D eigenvalue weighted by Gasteiger charge is -2.56. The molecule has 0 amide bonds. The molecule has 0 heterocycles. The summed E-state index contributed by atoms with van der Waals surface area (Å²) in [6.07, 6.45) is 8.25. The first kappa shape index (κ1) is 17.7. The molecule has 0 aromatic carbocycles. The normalized spacial score (nSPS) is 37.3. The predicted molar refractivity (Wildman–Crippen MR) is 94.4 cm³/mol. The summed E-state index contributed by atoms with van der Waals surface area (Å²) in [7, 11) is 0. The molecule has 4 saturated carbocycles. The number of hydrogen-bond acceptors (Lipinski definition) is 3. The Kier molecular flexibility index (Phi) is 5.40. The maximum absolute atomic E-state index is 10.4. The third-order valence-corrected chi connectivity index (χ3v) is 6.63. The molecule has 0 spiro atoms. The smallest absolute Gasteiger partial charge is 0.0900 e. The van der Waals surface area contributed by atoms with Crippen molar-refractivity contribution in [3.63, 3.8) is 0 Å². The number of nitrogens with zero attached hydrogens (tertiary/aromatic N) is 1. The topological polar surface area (TPSA) is 32.7 Å². The number of rotatable bonds is 8. The second kappa shape index (κ2) is 7.01. The van der Waals surface area contributed by atoms with Crippen LogP contribution in [0, 0.1) is 23.2 Å². The Balaban J connectivity index is 1.44. The monoisotopic (exact) mass is 323 g/mol. The van der Waals surface area contributed by atoms with Crippen LogP contribution in [0.2, 0.25) is 0 Å². The second-order valence-electron chi connectivity index (χ2n) is 9.47. The number of hydrogen-bond donors (Lipinski definition) is 1. The van der Waals surface area contributed by atoms with Gasteiger partial charge in [0, 0.05) is 18.6 Å². The largest absolute Gasteiger partial charge is 0.389 e. The minimum absolute atomic E-state index is 0.367. The summed E-state index contributed by atoms with van der Waals surface area (Å²) in [6.45, 7) is 10.9. The molecule has 0 saturated heterocycles. The molecule has 4 bridgehead atoms. The fourth-order valence-electron chi connectivity index (χ4n) is 6.19. The zero-order chi connectivity index (χ0) is 16.6. The number of aliphatic hydroxyl groups excluding tert-OH is 1. The van der Waals surface area contributed by atoms with E-state index in [9.17, 15) is 5.11 Å². The highest BCUT2D eigenvalue weighted by molar-refractivity contribution is 5.01. The molecule has 23 heavy (non-hydrogen) atoms. The van der Waals surface area contributed by atoms with Gasteiger partial charge in [-0.2, -0.15) is 0 Å². The lowest BCUT2D eigenvalue weighted by atomic mass is 9.50. The van der Waals surface area contributed by atoms with Gasteiger partial charge in [-0.15, -0.1) is 0 Å². The summed E-state index contributed by atoms with van der Waals surface area (Å²) in [5, 5.41) is 10.4. The molecule has 1 N–H and O–H groups in total. The molecule has 4 rings (SSSR count). The standard InChI is InChI=1S/C20H37NO2/c1-14(2)21(15(3)4)11-19(22)12-23-13-20-8-16-5-17(9-20)7-18(6-16)10-20/h14-19,22H,5-13H2,1-4H3/t16?,17?,18?,19-,20?/m0/s1. The quantitative estimate of drug-likeness (QED) is 0.739. The van der Waals surface area contributed by atoms with Crippen LogP contribution in [0.3, 0.4) is 0 Å².